The first kappa shape index (κ1) is 22.7. The molecule has 126 valence electrons. The lowest BCUT2D eigenvalue weighted by atomic mass is 10.1. The maximum absolute atomic E-state index is 11.7. The molecule has 7 heteroatoms. The number of aliphatic imine (C=N–C) groups is 1. The van der Waals surface area contributed by atoms with Gasteiger partial charge < -0.3 is 20.7 Å². The highest BCUT2D eigenvalue weighted by atomic mass is 127. The van der Waals surface area contributed by atoms with Crippen LogP contribution in [0.1, 0.15) is 40.5 Å². The first-order valence-electron chi connectivity index (χ1n) is 7.22. The van der Waals surface area contributed by atoms with Crippen LogP contribution < -0.4 is 16.0 Å². The van der Waals surface area contributed by atoms with Crippen LogP contribution >= 0.6 is 24.0 Å². The smallest absolute Gasteiger partial charge is 0.239 e. The van der Waals surface area contributed by atoms with Crippen LogP contribution in [0.25, 0.3) is 0 Å². The quantitative estimate of drug-likeness (QED) is 0.244. The summed E-state index contributed by atoms with van der Waals surface area (Å²) in [6, 6.07) is 0. The molecule has 0 radical (unpaired) electrons. The SMILES string of the molecule is CCOCCCCNC(=NC)NCC(=O)NC(C)(C)C.I. The predicted octanol–water partition coefficient (Wildman–Crippen LogP) is 1.50. The van der Waals surface area contributed by atoms with Crippen LogP contribution in [0.4, 0.5) is 0 Å². The summed E-state index contributed by atoms with van der Waals surface area (Å²) in [5.41, 5.74) is -0.213. The molecule has 6 nitrogen and oxygen atoms in total. The van der Waals surface area contributed by atoms with Crippen molar-refractivity contribution in [2.45, 2.75) is 46.1 Å². The summed E-state index contributed by atoms with van der Waals surface area (Å²) in [6.45, 7) is 10.4. The van der Waals surface area contributed by atoms with E-state index in [9.17, 15) is 4.79 Å². The number of halogens is 1. The van der Waals surface area contributed by atoms with E-state index < -0.39 is 0 Å². The highest BCUT2D eigenvalue weighted by molar-refractivity contribution is 14.0. The molecule has 0 aromatic carbocycles. The van der Waals surface area contributed by atoms with Crippen molar-refractivity contribution in [2.24, 2.45) is 4.99 Å². The molecule has 0 spiro atoms. The van der Waals surface area contributed by atoms with Crippen LogP contribution in [-0.4, -0.2) is 50.8 Å². The molecule has 3 N–H and O–H groups in total. The van der Waals surface area contributed by atoms with Crippen LogP contribution in [0.15, 0.2) is 4.99 Å². The number of nitrogens with one attached hydrogen (secondary N) is 3. The van der Waals surface area contributed by atoms with Gasteiger partial charge in [-0.1, -0.05) is 0 Å². The summed E-state index contributed by atoms with van der Waals surface area (Å²) in [5, 5.41) is 9.05. The molecule has 0 aliphatic rings. The molecule has 0 saturated carbocycles. The summed E-state index contributed by atoms with van der Waals surface area (Å²) >= 11 is 0. The van der Waals surface area contributed by atoms with E-state index in [2.05, 4.69) is 20.9 Å². The standard InChI is InChI=1S/C14H30N4O2.HI/c1-6-20-10-8-7-9-16-13(15-5)17-11-12(19)18-14(2,3)4;/h6-11H2,1-5H3,(H,18,19)(H2,15,16,17);1H. The lowest BCUT2D eigenvalue weighted by molar-refractivity contribution is -0.121. The zero-order valence-electron chi connectivity index (χ0n) is 13.9. The van der Waals surface area contributed by atoms with Gasteiger partial charge >= 0.3 is 0 Å². The number of unbranched alkanes of at least 4 members (excludes halogenated alkanes) is 1. The van der Waals surface area contributed by atoms with Gasteiger partial charge in [0.15, 0.2) is 5.96 Å². The third-order valence-electron chi connectivity index (χ3n) is 2.37. The molecule has 0 aliphatic heterocycles. The van der Waals surface area contributed by atoms with Gasteiger partial charge in [-0.3, -0.25) is 9.79 Å². The fourth-order valence-electron chi connectivity index (χ4n) is 1.53. The van der Waals surface area contributed by atoms with E-state index in [1.807, 2.05) is 27.7 Å². The molecule has 0 rings (SSSR count). The van der Waals surface area contributed by atoms with Crippen molar-refractivity contribution >= 4 is 35.8 Å². The largest absolute Gasteiger partial charge is 0.382 e. The monoisotopic (exact) mass is 414 g/mol. The Morgan fingerprint density at radius 1 is 1.19 bits per heavy atom. The first-order chi connectivity index (χ1) is 9.39. The number of carbonyl (C=O) groups excluding carboxylic acids is 1. The van der Waals surface area contributed by atoms with E-state index >= 15 is 0 Å². The molecule has 0 aromatic heterocycles. The van der Waals surface area contributed by atoms with E-state index in [4.69, 9.17) is 4.74 Å². The van der Waals surface area contributed by atoms with Crippen molar-refractivity contribution in [3.63, 3.8) is 0 Å². The van der Waals surface area contributed by atoms with Crippen LogP contribution in [0.2, 0.25) is 0 Å². The normalized spacial score (nSPS) is 11.6. The summed E-state index contributed by atoms with van der Waals surface area (Å²) in [4.78, 5) is 15.7. The summed E-state index contributed by atoms with van der Waals surface area (Å²) in [7, 11) is 1.69. The first-order valence-corrected chi connectivity index (χ1v) is 7.22. The Morgan fingerprint density at radius 2 is 1.86 bits per heavy atom. The molecule has 0 atom stereocenters. The molecular weight excluding hydrogens is 383 g/mol. The van der Waals surface area contributed by atoms with Gasteiger partial charge in [0.05, 0.1) is 6.54 Å². The number of guanidine groups is 1. The molecule has 0 aromatic rings. The Labute approximate surface area is 145 Å². The number of nitrogens with zero attached hydrogens (tertiary/aromatic N) is 1. The van der Waals surface area contributed by atoms with E-state index in [1.54, 1.807) is 7.05 Å². The fourth-order valence-corrected chi connectivity index (χ4v) is 1.53. The van der Waals surface area contributed by atoms with Gasteiger partial charge in [0.25, 0.3) is 0 Å². The van der Waals surface area contributed by atoms with Crippen LogP contribution in [0.3, 0.4) is 0 Å². The van der Waals surface area contributed by atoms with Crippen LogP contribution in [0, 0.1) is 0 Å². The summed E-state index contributed by atoms with van der Waals surface area (Å²) in [5.74, 6) is 0.599. The minimum atomic E-state index is -0.213. The number of ether oxygens (including phenoxy) is 1. The molecule has 0 unspecified atom stereocenters. The van der Waals surface area contributed by atoms with E-state index in [0.717, 1.165) is 32.6 Å². The average molecular weight is 414 g/mol. The highest BCUT2D eigenvalue weighted by Crippen LogP contribution is 1.97. The number of hydrogen-bond donors (Lipinski definition) is 3. The zero-order chi connectivity index (χ0) is 15.4. The number of amides is 1. The Hall–Kier alpha value is -0.570. The van der Waals surface area contributed by atoms with E-state index in [0.29, 0.717) is 5.96 Å². The highest BCUT2D eigenvalue weighted by Gasteiger charge is 2.13. The van der Waals surface area contributed by atoms with Gasteiger partial charge in [-0.05, 0) is 40.5 Å². The summed E-state index contributed by atoms with van der Waals surface area (Å²) in [6.07, 6.45) is 2.03. The number of carbonyl (C=O) groups is 1. The van der Waals surface area contributed by atoms with Crippen LogP contribution in [0.5, 0.6) is 0 Å². The molecule has 0 fully saturated rings. The molecule has 1 amide bonds. The number of hydrogen-bond acceptors (Lipinski definition) is 3. The van der Waals surface area contributed by atoms with Gasteiger partial charge in [-0.15, -0.1) is 24.0 Å². The molecular formula is C14H31IN4O2. The Kier molecular flexibility index (Phi) is 14.2. The number of rotatable bonds is 8. The Morgan fingerprint density at radius 3 is 2.38 bits per heavy atom. The summed E-state index contributed by atoms with van der Waals surface area (Å²) < 4.78 is 5.27. The van der Waals surface area contributed by atoms with Crippen molar-refractivity contribution in [3.05, 3.63) is 0 Å². The van der Waals surface area contributed by atoms with Gasteiger partial charge in [0.1, 0.15) is 0 Å². The molecule has 0 aliphatic carbocycles. The second kappa shape index (κ2) is 13.1. The predicted molar refractivity (Wildman–Crippen MR) is 98.4 cm³/mol. The maximum Gasteiger partial charge on any atom is 0.239 e. The minimum absolute atomic E-state index is 0. The lowest BCUT2D eigenvalue weighted by Crippen LogP contribution is -2.48. The third-order valence-corrected chi connectivity index (χ3v) is 2.37. The van der Waals surface area contributed by atoms with Gasteiger partial charge in [0.2, 0.25) is 5.91 Å². The lowest BCUT2D eigenvalue weighted by Gasteiger charge is -2.21. The van der Waals surface area contributed by atoms with Crippen molar-refractivity contribution in [2.75, 3.05) is 33.4 Å². The van der Waals surface area contributed by atoms with Crippen LogP contribution in [-0.2, 0) is 9.53 Å². The second-order valence-corrected chi connectivity index (χ2v) is 5.55. The van der Waals surface area contributed by atoms with Crippen molar-refractivity contribution in [3.8, 4) is 0 Å². The Balaban J connectivity index is 0. The third kappa shape index (κ3) is 15.6. The van der Waals surface area contributed by atoms with Gasteiger partial charge in [-0.25, -0.2) is 0 Å². The Bertz CT molecular complexity index is 304. The minimum Gasteiger partial charge on any atom is -0.382 e. The molecule has 21 heavy (non-hydrogen) atoms. The van der Waals surface area contributed by atoms with Crippen molar-refractivity contribution < 1.29 is 9.53 Å². The fraction of sp³-hybridized carbons (Fsp3) is 0.857. The van der Waals surface area contributed by atoms with E-state index in [-0.39, 0.29) is 42.0 Å². The zero-order valence-corrected chi connectivity index (χ0v) is 16.2. The topological polar surface area (TPSA) is 74.8 Å². The molecule has 0 bridgehead atoms. The van der Waals surface area contributed by atoms with Crippen molar-refractivity contribution in [1.82, 2.24) is 16.0 Å². The molecule has 0 saturated heterocycles. The average Bonchev–Trinajstić information content (AvgIpc) is 2.35. The molecule has 0 heterocycles. The second-order valence-electron chi connectivity index (χ2n) is 5.55. The maximum atomic E-state index is 11.7. The van der Waals surface area contributed by atoms with Gasteiger partial charge in [-0.2, -0.15) is 0 Å². The van der Waals surface area contributed by atoms with Crippen molar-refractivity contribution in [1.29, 1.82) is 0 Å². The van der Waals surface area contributed by atoms with Gasteiger partial charge in [0, 0.05) is 32.3 Å². The van der Waals surface area contributed by atoms with E-state index in [1.165, 1.54) is 0 Å².